The topological polar surface area (TPSA) is 75.9 Å². The molecule has 0 bridgehead atoms. The second-order valence-corrected chi connectivity index (χ2v) is 5.72. The van der Waals surface area contributed by atoms with Crippen molar-refractivity contribution in [2.24, 2.45) is 5.84 Å². The van der Waals surface area contributed by atoms with Gasteiger partial charge in [-0.2, -0.15) is 0 Å². The molecular formula is C9H9Br2N5S. The average Bonchev–Trinajstić information content (AvgIpc) is 2.74. The van der Waals surface area contributed by atoms with Crippen molar-refractivity contribution in [3.63, 3.8) is 0 Å². The summed E-state index contributed by atoms with van der Waals surface area (Å²) >= 11 is 8.54. The van der Waals surface area contributed by atoms with E-state index in [1.807, 2.05) is 11.4 Å². The van der Waals surface area contributed by atoms with Crippen molar-refractivity contribution in [1.29, 1.82) is 0 Å². The van der Waals surface area contributed by atoms with Crippen molar-refractivity contribution in [2.45, 2.75) is 6.54 Å². The van der Waals surface area contributed by atoms with Crippen molar-refractivity contribution in [3.05, 3.63) is 31.6 Å². The van der Waals surface area contributed by atoms with E-state index in [4.69, 9.17) is 5.84 Å². The van der Waals surface area contributed by atoms with Gasteiger partial charge in [-0.1, -0.05) is 0 Å². The third-order valence-corrected chi connectivity index (χ3v) is 4.71. The minimum atomic E-state index is 0.549. The molecule has 5 nitrogen and oxygen atoms in total. The van der Waals surface area contributed by atoms with Crippen LogP contribution in [0.15, 0.2) is 26.7 Å². The lowest BCUT2D eigenvalue weighted by molar-refractivity contribution is 1.07. The Morgan fingerprint density at radius 3 is 2.71 bits per heavy atom. The summed E-state index contributed by atoms with van der Waals surface area (Å²) in [5, 5.41) is 5.25. The van der Waals surface area contributed by atoms with Gasteiger partial charge in [0.15, 0.2) is 5.82 Å². The van der Waals surface area contributed by atoms with Gasteiger partial charge in [-0.05, 0) is 43.3 Å². The molecule has 0 aliphatic rings. The zero-order chi connectivity index (χ0) is 12.3. The van der Waals surface area contributed by atoms with E-state index >= 15 is 0 Å². The molecule has 2 heterocycles. The number of thiophene rings is 1. The smallest absolute Gasteiger partial charge is 0.159 e. The third-order valence-electron chi connectivity index (χ3n) is 2.03. The first-order chi connectivity index (χ1) is 8.22. The number of nitrogens with zero attached hydrogens (tertiary/aromatic N) is 2. The molecule has 0 spiro atoms. The number of hydrogen-bond acceptors (Lipinski definition) is 6. The van der Waals surface area contributed by atoms with Crippen molar-refractivity contribution in [1.82, 2.24) is 9.97 Å². The fourth-order valence-electron chi connectivity index (χ4n) is 1.21. The summed E-state index contributed by atoms with van der Waals surface area (Å²) in [7, 11) is 0. The van der Waals surface area contributed by atoms with Crippen LogP contribution in [-0.2, 0) is 6.54 Å². The highest BCUT2D eigenvalue weighted by atomic mass is 79.9. The van der Waals surface area contributed by atoms with Gasteiger partial charge in [0.25, 0.3) is 0 Å². The molecule has 0 unspecified atom stereocenters. The van der Waals surface area contributed by atoms with Crippen LogP contribution in [-0.4, -0.2) is 9.97 Å². The third kappa shape index (κ3) is 2.95. The number of hydrazine groups is 1. The second-order valence-electron chi connectivity index (χ2n) is 3.07. The Morgan fingerprint density at radius 2 is 2.06 bits per heavy atom. The minimum absolute atomic E-state index is 0.549. The van der Waals surface area contributed by atoms with Gasteiger partial charge in [0.05, 0.1) is 6.54 Å². The summed E-state index contributed by atoms with van der Waals surface area (Å²) < 4.78 is 1.81. The molecule has 17 heavy (non-hydrogen) atoms. The van der Waals surface area contributed by atoms with Crippen molar-refractivity contribution < 1.29 is 0 Å². The van der Waals surface area contributed by atoms with E-state index in [0.717, 1.165) is 8.95 Å². The molecule has 0 aliphatic carbocycles. The fraction of sp³-hybridized carbons (Fsp3) is 0.111. The zero-order valence-electron chi connectivity index (χ0n) is 8.58. The van der Waals surface area contributed by atoms with E-state index in [1.54, 1.807) is 11.3 Å². The van der Waals surface area contributed by atoms with Crippen LogP contribution in [0.5, 0.6) is 0 Å². The highest BCUT2D eigenvalue weighted by Gasteiger charge is 2.08. The van der Waals surface area contributed by atoms with E-state index < -0.39 is 0 Å². The summed E-state index contributed by atoms with van der Waals surface area (Å²) in [6, 6.07) is 2.02. The average molecular weight is 379 g/mol. The van der Waals surface area contributed by atoms with Crippen LogP contribution in [0.3, 0.4) is 0 Å². The summed E-state index contributed by atoms with van der Waals surface area (Å²) in [6.45, 7) is 0.692. The predicted octanol–water partition coefficient (Wildman–Crippen LogP) is 2.96. The predicted molar refractivity (Wildman–Crippen MR) is 76.9 cm³/mol. The molecule has 4 N–H and O–H groups in total. The number of nitrogens with one attached hydrogen (secondary N) is 2. The monoisotopic (exact) mass is 377 g/mol. The number of nitrogen functional groups attached to an aromatic ring is 1. The second kappa shape index (κ2) is 5.76. The Kier molecular flexibility index (Phi) is 4.32. The molecule has 0 saturated heterocycles. The van der Waals surface area contributed by atoms with Crippen LogP contribution >= 0.6 is 43.2 Å². The van der Waals surface area contributed by atoms with Crippen LogP contribution in [0.1, 0.15) is 4.88 Å². The quantitative estimate of drug-likeness (QED) is 0.563. The van der Waals surface area contributed by atoms with Crippen LogP contribution in [0.25, 0.3) is 0 Å². The van der Waals surface area contributed by atoms with Crippen molar-refractivity contribution in [3.8, 4) is 0 Å². The molecule has 0 saturated carbocycles. The molecule has 90 valence electrons. The van der Waals surface area contributed by atoms with E-state index in [9.17, 15) is 0 Å². The van der Waals surface area contributed by atoms with Crippen LogP contribution in [0.2, 0.25) is 0 Å². The van der Waals surface area contributed by atoms with Gasteiger partial charge in [-0.3, -0.25) is 0 Å². The standard InChI is InChI=1S/C9H9Br2N5S/c10-5-1-2-17-6(5)3-13-8-7(11)9(16-12)15-4-14-8/h1-2,4H,3,12H2,(H2,13,14,15,16). The number of rotatable bonds is 4. The van der Waals surface area contributed by atoms with E-state index in [2.05, 4.69) is 52.6 Å². The molecule has 2 aromatic heterocycles. The maximum absolute atomic E-state index is 5.33. The molecule has 0 aromatic carbocycles. The summed E-state index contributed by atoms with van der Waals surface area (Å²) in [4.78, 5) is 9.33. The molecule has 2 aromatic rings. The van der Waals surface area contributed by atoms with Gasteiger partial charge < -0.3 is 10.7 Å². The Bertz CT molecular complexity index is 516. The first-order valence-corrected chi connectivity index (χ1v) is 7.11. The lowest BCUT2D eigenvalue weighted by atomic mass is 10.4. The van der Waals surface area contributed by atoms with E-state index in [0.29, 0.717) is 18.2 Å². The summed E-state index contributed by atoms with van der Waals surface area (Å²) in [5.74, 6) is 6.58. The Labute approximate surface area is 119 Å². The minimum Gasteiger partial charge on any atom is -0.364 e. The largest absolute Gasteiger partial charge is 0.364 e. The number of hydrogen-bond donors (Lipinski definition) is 3. The number of anilines is 2. The van der Waals surface area contributed by atoms with Crippen LogP contribution in [0.4, 0.5) is 11.6 Å². The Balaban J connectivity index is 2.12. The Hall–Kier alpha value is -0.700. The van der Waals surface area contributed by atoms with Crippen molar-refractivity contribution >= 4 is 54.8 Å². The highest BCUT2D eigenvalue weighted by Crippen LogP contribution is 2.28. The van der Waals surface area contributed by atoms with Crippen LogP contribution in [0, 0.1) is 0 Å². The summed E-state index contributed by atoms with van der Waals surface area (Å²) in [6.07, 6.45) is 1.45. The first kappa shape index (κ1) is 12.7. The maximum Gasteiger partial charge on any atom is 0.159 e. The van der Waals surface area contributed by atoms with Crippen molar-refractivity contribution in [2.75, 3.05) is 10.7 Å². The molecule has 2 rings (SSSR count). The van der Waals surface area contributed by atoms with E-state index in [-0.39, 0.29) is 0 Å². The Morgan fingerprint density at radius 1 is 1.29 bits per heavy atom. The molecule has 0 aliphatic heterocycles. The van der Waals surface area contributed by atoms with Gasteiger partial charge >= 0.3 is 0 Å². The maximum atomic E-state index is 5.33. The van der Waals surface area contributed by atoms with Gasteiger partial charge in [0.2, 0.25) is 0 Å². The first-order valence-electron chi connectivity index (χ1n) is 4.65. The normalized spacial score (nSPS) is 10.3. The lowest BCUT2D eigenvalue weighted by Crippen LogP contribution is -2.11. The van der Waals surface area contributed by atoms with Crippen LogP contribution < -0.4 is 16.6 Å². The summed E-state index contributed by atoms with van der Waals surface area (Å²) in [5.41, 5.74) is 2.50. The zero-order valence-corrected chi connectivity index (χ0v) is 12.6. The molecule has 0 radical (unpaired) electrons. The van der Waals surface area contributed by atoms with Gasteiger partial charge in [-0.25, -0.2) is 15.8 Å². The molecule has 0 amide bonds. The molecule has 0 fully saturated rings. The number of aromatic nitrogens is 2. The fourth-order valence-corrected chi connectivity index (χ4v) is 3.10. The van der Waals surface area contributed by atoms with Gasteiger partial charge in [0.1, 0.15) is 16.6 Å². The molecule has 0 atom stereocenters. The SMILES string of the molecule is NNc1ncnc(NCc2sccc2Br)c1Br. The van der Waals surface area contributed by atoms with E-state index in [1.165, 1.54) is 11.2 Å². The van der Waals surface area contributed by atoms with Gasteiger partial charge in [-0.15, -0.1) is 11.3 Å². The molecular weight excluding hydrogens is 370 g/mol. The number of nitrogens with two attached hydrogens (primary N) is 1. The molecule has 8 heteroatoms. The lowest BCUT2D eigenvalue weighted by Gasteiger charge is -2.09. The van der Waals surface area contributed by atoms with Gasteiger partial charge in [0, 0.05) is 9.35 Å². The number of halogens is 2. The highest BCUT2D eigenvalue weighted by molar-refractivity contribution is 9.11.